The van der Waals surface area contributed by atoms with Crippen molar-refractivity contribution >= 4 is 34.8 Å². The number of carbonyl (C=O) groups is 1. The van der Waals surface area contributed by atoms with Crippen molar-refractivity contribution in [2.75, 3.05) is 5.32 Å². The summed E-state index contributed by atoms with van der Waals surface area (Å²) in [5.41, 5.74) is 3.91. The van der Waals surface area contributed by atoms with Crippen molar-refractivity contribution in [1.82, 2.24) is 19.6 Å². The maximum atomic E-state index is 13.1. The molecule has 5 rings (SSSR count). The smallest absolute Gasteiger partial charge is 0.259 e. The van der Waals surface area contributed by atoms with Gasteiger partial charge in [-0.15, -0.1) is 0 Å². The zero-order chi connectivity index (χ0) is 21.4. The average Bonchev–Trinajstić information content (AvgIpc) is 3.35. The van der Waals surface area contributed by atoms with Gasteiger partial charge in [-0.3, -0.25) is 9.48 Å². The minimum atomic E-state index is -0.211. The summed E-state index contributed by atoms with van der Waals surface area (Å²) in [6, 6.07) is 15.3. The van der Waals surface area contributed by atoms with Crippen molar-refractivity contribution in [3.63, 3.8) is 0 Å². The molecule has 4 aromatic rings. The monoisotopic (exact) mass is 451 g/mol. The van der Waals surface area contributed by atoms with E-state index in [1.807, 2.05) is 42.6 Å². The van der Waals surface area contributed by atoms with Crippen molar-refractivity contribution in [1.29, 1.82) is 0 Å². The number of amides is 1. The zero-order valence-electron chi connectivity index (χ0n) is 16.5. The third-order valence-electron chi connectivity index (χ3n) is 5.23. The summed E-state index contributed by atoms with van der Waals surface area (Å²) < 4.78 is 3.55. The van der Waals surface area contributed by atoms with E-state index < -0.39 is 0 Å². The van der Waals surface area contributed by atoms with Gasteiger partial charge >= 0.3 is 0 Å². The molecular weight excluding hydrogens is 433 g/mol. The molecule has 8 heteroatoms. The van der Waals surface area contributed by atoms with Crippen LogP contribution in [-0.2, 0) is 6.54 Å². The van der Waals surface area contributed by atoms with Gasteiger partial charge in [-0.1, -0.05) is 53.5 Å². The zero-order valence-corrected chi connectivity index (χ0v) is 18.0. The lowest BCUT2D eigenvalue weighted by Gasteiger charge is -2.11. The summed E-state index contributed by atoms with van der Waals surface area (Å²) in [6.07, 6.45) is 7.11. The van der Waals surface area contributed by atoms with E-state index in [0.29, 0.717) is 33.5 Å². The number of carbonyl (C=O) groups excluding carboxylic acids is 1. The van der Waals surface area contributed by atoms with Crippen LogP contribution in [0, 0.1) is 0 Å². The first-order chi connectivity index (χ1) is 15.1. The summed E-state index contributed by atoms with van der Waals surface area (Å²) in [4.78, 5) is 13.1. The lowest BCUT2D eigenvalue weighted by atomic mass is 10.1. The Morgan fingerprint density at radius 2 is 1.87 bits per heavy atom. The predicted octanol–water partition coefficient (Wildman–Crippen LogP) is 5.55. The third kappa shape index (κ3) is 4.22. The summed E-state index contributed by atoms with van der Waals surface area (Å²) in [7, 11) is 0. The lowest BCUT2D eigenvalue weighted by molar-refractivity contribution is 0.102. The molecule has 2 aromatic carbocycles. The Bertz CT molecular complexity index is 1240. The number of anilines is 1. The van der Waals surface area contributed by atoms with Crippen LogP contribution in [0.15, 0.2) is 67.1 Å². The fraction of sp³-hybridized carbons (Fsp3) is 0.174. The quantitative estimate of drug-likeness (QED) is 0.417. The van der Waals surface area contributed by atoms with Gasteiger partial charge in [0.1, 0.15) is 0 Å². The molecule has 0 bridgehead atoms. The van der Waals surface area contributed by atoms with Crippen molar-refractivity contribution in [3.8, 4) is 5.69 Å². The summed E-state index contributed by atoms with van der Waals surface area (Å²) in [5.74, 6) is 0.0771. The van der Waals surface area contributed by atoms with E-state index in [9.17, 15) is 4.79 Å². The number of benzene rings is 2. The largest absolute Gasteiger partial charge is 0.319 e. The topological polar surface area (TPSA) is 64.7 Å². The van der Waals surface area contributed by atoms with Gasteiger partial charge in [-0.2, -0.15) is 10.2 Å². The minimum Gasteiger partial charge on any atom is -0.319 e. The molecule has 1 fully saturated rings. The van der Waals surface area contributed by atoms with Gasteiger partial charge in [-0.05, 0) is 36.6 Å². The molecule has 6 nitrogen and oxygen atoms in total. The predicted molar refractivity (Wildman–Crippen MR) is 121 cm³/mol. The van der Waals surface area contributed by atoms with Gasteiger partial charge in [0.15, 0.2) is 0 Å². The number of nitrogens with zero attached hydrogens (tertiary/aromatic N) is 4. The van der Waals surface area contributed by atoms with Crippen LogP contribution in [0.2, 0.25) is 10.0 Å². The van der Waals surface area contributed by atoms with Crippen LogP contribution in [-0.4, -0.2) is 25.5 Å². The second-order valence-corrected chi connectivity index (χ2v) is 8.44. The first-order valence-electron chi connectivity index (χ1n) is 9.99. The molecule has 0 aliphatic heterocycles. The van der Waals surface area contributed by atoms with Crippen LogP contribution in [0.4, 0.5) is 5.69 Å². The van der Waals surface area contributed by atoms with Gasteiger partial charge < -0.3 is 5.32 Å². The number of aromatic nitrogens is 4. The third-order valence-corrected chi connectivity index (χ3v) is 5.77. The normalized spacial score (nSPS) is 13.4. The molecule has 0 atom stereocenters. The van der Waals surface area contributed by atoms with Crippen molar-refractivity contribution in [2.45, 2.75) is 25.3 Å². The molecule has 2 heterocycles. The van der Waals surface area contributed by atoms with Crippen LogP contribution < -0.4 is 5.32 Å². The van der Waals surface area contributed by atoms with E-state index in [1.54, 1.807) is 33.9 Å². The van der Waals surface area contributed by atoms with Gasteiger partial charge in [0, 0.05) is 17.1 Å². The number of nitrogens with one attached hydrogen (secondary N) is 1. The van der Waals surface area contributed by atoms with E-state index in [2.05, 4.69) is 15.5 Å². The molecule has 1 aliphatic carbocycles. The highest BCUT2D eigenvalue weighted by Gasteiger charge is 2.33. The highest BCUT2D eigenvalue weighted by molar-refractivity contribution is 6.35. The number of rotatable bonds is 6. The molecule has 0 spiro atoms. The second-order valence-electron chi connectivity index (χ2n) is 7.59. The molecule has 1 N–H and O–H groups in total. The van der Waals surface area contributed by atoms with Crippen LogP contribution in [0.5, 0.6) is 0 Å². The standard InChI is InChI=1S/C23H19Cl2N5O/c24-17-8-9-21(20(25)10-17)30-22(16-6-7-16)19(12-27-30)23(31)28-18-11-26-29(14-18)13-15-4-2-1-3-5-15/h1-5,8-12,14,16H,6-7,13H2,(H,28,31). The molecule has 1 amide bonds. The first kappa shape index (κ1) is 19.8. The molecule has 1 aliphatic rings. The van der Waals surface area contributed by atoms with Crippen molar-refractivity contribution in [2.24, 2.45) is 0 Å². The summed E-state index contributed by atoms with van der Waals surface area (Å²) in [6.45, 7) is 0.636. The maximum absolute atomic E-state index is 13.1. The van der Waals surface area contributed by atoms with Crippen LogP contribution in [0.1, 0.15) is 40.4 Å². The first-order valence-corrected chi connectivity index (χ1v) is 10.7. The minimum absolute atomic E-state index is 0.211. The molecule has 31 heavy (non-hydrogen) atoms. The van der Waals surface area contributed by atoms with Crippen molar-refractivity contribution in [3.05, 3.63) is 94.0 Å². The SMILES string of the molecule is O=C(Nc1cnn(Cc2ccccc2)c1)c1cnn(-c2ccc(Cl)cc2Cl)c1C1CC1. The van der Waals surface area contributed by atoms with E-state index >= 15 is 0 Å². The Balaban J connectivity index is 1.38. The average molecular weight is 452 g/mol. The maximum Gasteiger partial charge on any atom is 0.259 e. The Kier molecular flexibility index (Phi) is 5.26. The van der Waals surface area contributed by atoms with Crippen molar-refractivity contribution < 1.29 is 4.79 Å². The van der Waals surface area contributed by atoms with E-state index in [1.165, 1.54) is 0 Å². The Morgan fingerprint density at radius 1 is 1.06 bits per heavy atom. The lowest BCUT2D eigenvalue weighted by Crippen LogP contribution is -2.14. The van der Waals surface area contributed by atoms with E-state index in [4.69, 9.17) is 23.2 Å². The highest BCUT2D eigenvalue weighted by Crippen LogP contribution is 2.43. The van der Waals surface area contributed by atoms with Gasteiger partial charge in [0.05, 0.1) is 46.6 Å². The summed E-state index contributed by atoms with van der Waals surface area (Å²) >= 11 is 12.4. The molecule has 156 valence electrons. The van der Waals surface area contributed by atoms with Gasteiger partial charge in [0.2, 0.25) is 0 Å². The Morgan fingerprint density at radius 3 is 2.61 bits per heavy atom. The Hall–Kier alpha value is -3.09. The number of hydrogen-bond acceptors (Lipinski definition) is 3. The fourth-order valence-corrected chi connectivity index (χ4v) is 4.10. The van der Waals surface area contributed by atoms with Gasteiger partial charge in [-0.25, -0.2) is 4.68 Å². The molecule has 1 saturated carbocycles. The molecule has 0 unspecified atom stereocenters. The van der Waals surface area contributed by atoms with Gasteiger partial charge in [0.25, 0.3) is 5.91 Å². The highest BCUT2D eigenvalue weighted by atomic mass is 35.5. The fourth-order valence-electron chi connectivity index (χ4n) is 3.61. The van der Waals surface area contributed by atoms with E-state index in [0.717, 1.165) is 24.1 Å². The van der Waals surface area contributed by atoms with Crippen LogP contribution in [0.3, 0.4) is 0 Å². The van der Waals surface area contributed by atoms with E-state index in [-0.39, 0.29) is 11.8 Å². The second kappa shape index (κ2) is 8.21. The molecule has 0 radical (unpaired) electrons. The Labute approximate surface area is 189 Å². The van der Waals surface area contributed by atoms with Crippen LogP contribution in [0.25, 0.3) is 5.69 Å². The molecular formula is C23H19Cl2N5O. The molecule has 2 aromatic heterocycles. The summed E-state index contributed by atoms with van der Waals surface area (Å²) in [5, 5.41) is 12.8. The number of hydrogen-bond donors (Lipinski definition) is 1. The van der Waals surface area contributed by atoms with Crippen LogP contribution >= 0.6 is 23.2 Å². The number of halogens is 2. The molecule has 0 saturated heterocycles.